The number of nitrogens with zero attached hydrogens (tertiary/aromatic N) is 4. The summed E-state index contributed by atoms with van der Waals surface area (Å²) < 4.78 is 5.26. The molecule has 0 radical (unpaired) electrons. The van der Waals surface area contributed by atoms with Gasteiger partial charge in [0, 0.05) is 43.9 Å². The Labute approximate surface area is 197 Å². The molecule has 174 valence electrons. The van der Waals surface area contributed by atoms with Crippen LogP contribution < -0.4 is 0 Å². The number of fused-ring (bicyclic) bond motifs is 1. The molecule has 3 aromatic rings. The van der Waals surface area contributed by atoms with Crippen molar-refractivity contribution in [3.05, 3.63) is 87.8 Å². The third-order valence-corrected chi connectivity index (χ3v) is 6.62. The van der Waals surface area contributed by atoms with E-state index < -0.39 is 0 Å². The fourth-order valence-corrected chi connectivity index (χ4v) is 4.61. The number of carbonyl (C=O) groups is 3. The van der Waals surface area contributed by atoms with Gasteiger partial charge in [0.2, 0.25) is 0 Å². The predicted octanol–water partition coefficient (Wildman–Crippen LogP) is 3.05. The molecule has 1 saturated heterocycles. The van der Waals surface area contributed by atoms with Crippen molar-refractivity contribution >= 4 is 17.7 Å². The Balaban J connectivity index is 1.22. The van der Waals surface area contributed by atoms with E-state index in [9.17, 15) is 14.4 Å². The number of piperazine rings is 1. The van der Waals surface area contributed by atoms with E-state index in [-0.39, 0.29) is 24.3 Å². The monoisotopic (exact) mass is 458 g/mol. The molecule has 2 aromatic carbocycles. The molecule has 2 aliphatic rings. The van der Waals surface area contributed by atoms with Crippen LogP contribution in [0.1, 0.15) is 53.7 Å². The minimum atomic E-state index is -0.299. The smallest absolute Gasteiger partial charge is 0.261 e. The van der Waals surface area contributed by atoms with E-state index in [0.29, 0.717) is 29.8 Å². The summed E-state index contributed by atoms with van der Waals surface area (Å²) in [5, 5.41) is 4.02. The van der Waals surface area contributed by atoms with Crippen molar-refractivity contribution in [2.24, 2.45) is 0 Å². The number of amides is 3. The van der Waals surface area contributed by atoms with Crippen LogP contribution in [0.2, 0.25) is 0 Å². The van der Waals surface area contributed by atoms with Gasteiger partial charge in [-0.3, -0.25) is 24.2 Å². The molecule has 0 aliphatic carbocycles. The van der Waals surface area contributed by atoms with Crippen LogP contribution in [0.3, 0.4) is 0 Å². The zero-order valence-electron chi connectivity index (χ0n) is 19.3. The minimum absolute atomic E-state index is 0.0406. The van der Waals surface area contributed by atoms with Crippen molar-refractivity contribution in [3.8, 4) is 0 Å². The van der Waals surface area contributed by atoms with E-state index >= 15 is 0 Å². The van der Waals surface area contributed by atoms with E-state index in [1.807, 2.05) is 24.8 Å². The molecule has 5 rings (SSSR count). The van der Waals surface area contributed by atoms with Gasteiger partial charge in [0.25, 0.3) is 17.7 Å². The van der Waals surface area contributed by atoms with Crippen LogP contribution in [-0.2, 0) is 13.1 Å². The number of hydrogen-bond acceptors (Lipinski definition) is 6. The first-order chi connectivity index (χ1) is 16.4. The quantitative estimate of drug-likeness (QED) is 0.546. The zero-order chi connectivity index (χ0) is 23.8. The van der Waals surface area contributed by atoms with Gasteiger partial charge < -0.3 is 9.42 Å². The third-order valence-electron chi connectivity index (χ3n) is 6.62. The maximum Gasteiger partial charge on any atom is 0.261 e. The molecule has 1 fully saturated rings. The summed E-state index contributed by atoms with van der Waals surface area (Å²) >= 11 is 0. The number of carbonyl (C=O) groups excluding carboxylic acids is 3. The first-order valence-electron chi connectivity index (χ1n) is 11.4. The lowest BCUT2D eigenvalue weighted by molar-refractivity contribution is 0.0626. The summed E-state index contributed by atoms with van der Waals surface area (Å²) in [6.07, 6.45) is 0. The summed E-state index contributed by atoms with van der Waals surface area (Å²) in [4.78, 5) is 43.9. The van der Waals surface area contributed by atoms with Crippen LogP contribution in [0.4, 0.5) is 0 Å². The van der Waals surface area contributed by atoms with Gasteiger partial charge in [-0.15, -0.1) is 0 Å². The van der Waals surface area contributed by atoms with Crippen molar-refractivity contribution in [1.82, 2.24) is 19.9 Å². The van der Waals surface area contributed by atoms with Gasteiger partial charge in [-0.2, -0.15) is 0 Å². The lowest BCUT2D eigenvalue weighted by Gasteiger charge is -2.34. The van der Waals surface area contributed by atoms with E-state index in [1.54, 1.807) is 42.5 Å². The number of hydrogen-bond donors (Lipinski definition) is 0. The molecule has 8 heteroatoms. The van der Waals surface area contributed by atoms with Crippen LogP contribution >= 0.6 is 0 Å². The number of aryl methyl sites for hydroxylation is 2. The highest BCUT2D eigenvalue weighted by Crippen LogP contribution is 2.25. The van der Waals surface area contributed by atoms with Gasteiger partial charge in [0.15, 0.2) is 0 Å². The van der Waals surface area contributed by atoms with Crippen molar-refractivity contribution in [3.63, 3.8) is 0 Å². The van der Waals surface area contributed by atoms with Crippen LogP contribution in [0, 0.1) is 13.8 Å². The lowest BCUT2D eigenvalue weighted by atomic mass is 10.1. The second-order valence-electron chi connectivity index (χ2n) is 8.81. The molecule has 34 heavy (non-hydrogen) atoms. The first kappa shape index (κ1) is 22.0. The maximum absolute atomic E-state index is 13.2. The Morgan fingerprint density at radius 2 is 1.59 bits per heavy atom. The van der Waals surface area contributed by atoms with Gasteiger partial charge in [-0.05, 0) is 43.7 Å². The van der Waals surface area contributed by atoms with E-state index in [2.05, 4.69) is 10.1 Å². The molecule has 0 spiro atoms. The molecule has 0 saturated carbocycles. The molecule has 2 aliphatic heterocycles. The fraction of sp³-hybridized carbons (Fsp3) is 0.308. The Kier molecular flexibility index (Phi) is 5.75. The Hall–Kier alpha value is -3.78. The molecule has 1 aromatic heterocycles. The van der Waals surface area contributed by atoms with Crippen molar-refractivity contribution < 1.29 is 18.9 Å². The second-order valence-corrected chi connectivity index (χ2v) is 8.81. The SMILES string of the molecule is Cc1noc(C)c1CN1CCN(C(=O)c2cccc(CN3C(=O)c4ccccc4C3=O)c2)CC1. The first-order valence-corrected chi connectivity index (χ1v) is 11.4. The number of aromatic nitrogens is 1. The zero-order valence-corrected chi connectivity index (χ0v) is 19.3. The fourth-order valence-electron chi connectivity index (χ4n) is 4.61. The molecule has 3 amide bonds. The van der Waals surface area contributed by atoms with Gasteiger partial charge in [-0.1, -0.05) is 29.4 Å². The molecular weight excluding hydrogens is 432 g/mol. The van der Waals surface area contributed by atoms with Gasteiger partial charge in [0.05, 0.1) is 23.4 Å². The summed E-state index contributed by atoms with van der Waals surface area (Å²) in [6, 6.07) is 14.0. The Bertz CT molecular complexity index is 1220. The number of imide groups is 1. The maximum atomic E-state index is 13.2. The largest absolute Gasteiger partial charge is 0.361 e. The second kappa shape index (κ2) is 8.87. The van der Waals surface area contributed by atoms with Crippen LogP contribution in [-0.4, -0.2) is 63.8 Å². The summed E-state index contributed by atoms with van der Waals surface area (Å²) in [5.41, 5.74) is 4.18. The van der Waals surface area contributed by atoms with Gasteiger partial charge in [0.1, 0.15) is 5.76 Å². The minimum Gasteiger partial charge on any atom is -0.361 e. The standard InChI is InChI=1S/C26H26N4O4/c1-17-23(18(2)34-27-17)16-28-10-12-29(13-11-28)24(31)20-7-5-6-19(14-20)15-30-25(32)21-8-3-4-9-22(21)26(30)33/h3-9,14H,10-13,15-16H2,1-2H3. The molecular formula is C26H26N4O4. The summed E-state index contributed by atoms with van der Waals surface area (Å²) in [7, 11) is 0. The molecule has 0 N–H and O–H groups in total. The topological polar surface area (TPSA) is 87.0 Å². The van der Waals surface area contributed by atoms with Crippen LogP contribution in [0.25, 0.3) is 0 Å². The van der Waals surface area contributed by atoms with Crippen molar-refractivity contribution in [1.29, 1.82) is 0 Å². The summed E-state index contributed by atoms with van der Waals surface area (Å²) in [5.74, 6) is 0.200. The molecule has 0 unspecified atom stereocenters. The van der Waals surface area contributed by atoms with Gasteiger partial charge in [-0.25, -0.2) is 0 Å². The summed E-state index contributed by atoms with van der Waals surface area (Å²) in [6.45, 7) is 7.56. The third kappa shape index (κ3) is 4.01. The number of benzene rings is 2. The number of rotatable bonds is 5. The van der Waals surface area contributed by atoms with Crippen LogP contribution in [0.5, 0.6) is 0 Å². The highest BCUT2D eigenvalue weighted by atomic mass is 16.5. The Morgan fingerprint density at radius 1 is 0.912 bits per heavy atom. The van der Waals surface area contributed by atoms with Crippen LogP contribution in [0.15, 0.2) is 53.1 Å². The van der Waals surface area contributed by atoms with Crippen molar-refractivity contribution in [2.45, 2.75) is 26.9 Å². The molecule has 0 atom stereocenters. The predicted molar refractivity (Wildman–Crippen MR) is 124 cm³/mol. The van der Waals surface area contributed by atoms with Crippen molar-refractivity contribution in [2.75, 3.05) is 26.2 Å². The van der Waals surface area contributed by atoms with E-state index in [0.717, 1.165) is 42.2 Å². The average molecular weight is 459 g/mol. The van der Waals surface area contributed by atoms with E-state index in [4.69, 9.17) is 4.52 Å². The normalized spacial score (nSPS) is 16.3. The highest BCUT2D eigenvalue weighted by Gasteiger charge is 2.35. The lowest BCUT2D eigenvalue weighted by Crippen LogP contribution is -2.48. The molecule has 8 nitrogen and oxygen atoms in total. The molecule has 0 bridgehead atoms. The average Bonchev–Trinajstić information content (AvgIpc) is 3.30. The van der Waals surface area contributed by atoms with E-state index in [1.165, 1.54) is 4.90 Å². The molecule has 3 heterocycles. The highest BCUT2D eigenvalue weighted by molar-refractivity contribution is 6.21. The Morgan fingerprint density at radius 3 is 2.21 bits per heavy atom. The van der Waals surface area contributed by atoms with Gasteiger partial charge >= 0.3 is 0 Å².